The molecule has 1 N–H and O–H groups in total. The summed E-state index contributed by atoms with van der Waals surface area (Å²) in [4.78, 5) is 30.7. The predicted molar refractivity (Wildman–Crippen MR) is 121 cm³/mol. The van der Waals surface area contributed by atoms with E-state index in [1.807, 2.05) is 20.2 Å². The SMILES string of the molecule is C=CC(=O)N1CC(N2CCN(C(=O)CN3SNc4cc(Cl)c(C5CC5)cc43)CC2)C1. The van der Waals surface area contributed by atoms with Gasteiger partial charge in [-0.15, -0.1) is 0 Å². The van der Waals surface area contributed by atoms with Crippen LogP contribution in [0.4, 0.5) is 11.4 Å². The quantitative estimate of drug-likeness (QED) is 0.553. The molecule has 0 radical (unpaired) electrons. The van der Waals surface area contributed by atoms with Crippen molar-refractivity contribution in [1.82, 2.24) is 14.7 Å². The van der Waals surface area contributed by atoms with Gasteiger partial charge >= 0.3 is 0 Å². The minimum Gasteiger partial charge on any atom is -0.339 e. The molecule has 3 fully saturated rings. The molecule has 1 aliphatic carbocycles. The van der Waals surface area contributed by atoms with Crippen molar-refractivity contribution >= 4 is 46.9 Å². The number of piperazine rings is 1. The average Bonchev–Trinajstić information content (AvgIpc) is 3.49. The molecule has 0 aromatic heterocycles. The summed E-state index contributed by atoms with van der Waals surface area (Å²) in [5.74, 6) is 0.725. The van der Waals surface area contributed by atoms with E-state index in [0.29, 0.717) is 18.5 Å². The summed E-state index contributed by atoms with van der Waals surface area (Å²) in [7, 11) is 0. The fraction of sp³-hybridized carbons (Fsp3) is 0.524. The highest BCUT2D eigenvalue weighted by Crippen LogP contribution is 2.49. The van der Waals surface area contributed by atoms with E-state index in [4.69, 9.17) is 11.6 Å². The molecule has 3 heterocycles. The smallest absolute Gasteiger partial charge is 0.246 e. The maximum absolute atomic E-state index is 12.9. The summed E-state index contributed by atoms with van der Waals surface area (Å²) in [6, 6.07) is 4.54. The van der Waals surface area contributed by atoms with Gasteiger partial charge in [-0.2, -0.15) is 0 Å². The summed E-state index contributed by atoms with van der Waals surface area (Å²) < 4.78 is 5.32. The van der Waals surface area contributed by atoms with Crippen LogP contribution in [0.25, 0.3) is 0 Å². The second kappa shape index (κ2) is 7.98. The van der Waals surface area contributed by atoms with Gasteiger partial charge in [0.2, 0.25) is 11.8 Å². The number of nitrogens with one attached hydrogen (secondary N) is 1. The average molecular weight is 448 g/mol. The Morgan fingerprint density at radius 2 is 1.90 bits per heavy atom. The molecule has 1 saturated carbocycles. The van der Waals surface area contributed by atoms with Crippen molar-refractivity contribution in [1.29, 1.82) is 0 Å². The Morgan fingerprint density at radius 1 is 1.17 bits per heavy atom. The third kappa shape index (κ3) is 3.76. The van der Waals surface area contributed by atoms with E-state index in [-0.39, 0.29) is 11.8 Å². The van der Waals surface area contributed by atoms with Crippen molar-refractivity contribution in [3.63, 3.8) is 0 Å². The fourth-order valence-corrected chi connectivity index (χ4v) is 5.51. The van der Waals surface area contributed by atoms with Crippen LogP contribution in [0, 0.1) is 0 Å². The Morgan fingerprint density at radius 3 is 2.57 bits per heavy atom. The fourth-order valence-electron chi connectivity index (χ4n) is 4.40. The molecular formula is C21H26ClN5O2S. The van der Waals surface area contributed by atoms with Gasteiger partial charge < -0.3 is 14.5 Å². The number of nitrogens with zero attached hydrogens (tertiary/aromatic N) is 4. The summed E-state index contributed by atoms with van der Waals surface area (Å²) >= 11 is 7.89. The van der Waals surface area contributed by atoms with Gasteiger partial charge in [0.05, 0.1) is 23.5 Å². The lowest BCUT2D eigenvalue weighted by Crippen LogP contribution is -2.64. The Kier molecular flexibility index (Phi) is 5.33. The molecule has 0 unspecified atom stereocenters. The van der Waals surface area contributed by atoms with E-state index < -0.39 is 0 Å². The first-order chi connectivity index (χ1) is 14.5. The number of benzene rings is 1. The summed E-state index contributed by atoms with van der Waals surface area (Å²) in [5, 5.41) is 0.818. The van der Waals surface area contributed by atoms with Crippen molar-refractivity contribution in [2.45, 2.75) is 24.8 Å². The molecule has 2 amide bonds. The Hall–Kier alpha value is -1.90. The first kappa shape index (κ1) is 20.0. The lowest BCUT2D eigenvalue weighted by Gasteiger charge is -2.47. The summed E-state index contributed by atoms with van der Waals surface area (Å²) in [6.45, 7) is 8.59. The van der Waals surface area contributed by atoms with E-state index in [0.717, 1.165) is 55.7 Å². The van der Waals surface area contributed by atoms with Gasteiger partial charge in [0.25, 0.3) is 0 Å². The van der Waals surface area contributed by atoms with Crippen LogP contribution in [0.5, 0.6) is 0 Å². The molecule has 1 aromatic carbocycles. The van der Waals surface area contributed by atoms with Crippen molar-refractivity contribution in [3.05, 3.63) is 35.4 Å². The normalized spacial score (nSPS) is 21.8. The number of hydrogen-bond acceptors (Lipinski definition) is 6. The standard InChI is InChI=1S/C21H26ClN5O2S/c1-2-20(28)26-11-15(12-26)24-5-7-25(8-6-24)21(29)13-27-19-9-16(14-3-4-14)17(22)10-18(19)23-30-27/h2,9-10,14-15,23H,1,3-8,11-13H2. The molecule has 7 nitrogen and oxygen atoms in total. The molecule has 0 bridgehead atoms. The zero-order valence-electron chi connectivity index (χ0n) is 16.8. The maximum Gasteiger partial charge on any atom is 0.246 e. The van der Waals surface area contributed by atoms with E-state index in [9.17, 15) is 9.59 Å². The van der Waals surface area contributed by atoms with Crippen LogP contribution in [0.2, 0.25) is 5.02 Å². The second-order valence-corrected chi connectivity index (χ2v) is 9.65. The lowest BCUT2D eigenvalue weighted by atomic mass is 10.1. The first-order valence-electron chi connectivity index (χ1n) is 10.5. The molecule has 160 valence electrons. The van der Waals surface area contributed by atoms with Gasteiger partial charge in [-0.3, -0.25) is 18.8 Å². The van der Waals surface area contributed by atoms with Crippen LogP contribution in [-0.2, 0) is 9.59 Å². The van der Waals surface area contributed by atoms with Crippen molar-refractivity contribution in [3.8, 4) is 0 Å². The highest BCUT2D eigenvalue weighted by Gasteiger charge is 2.36. The zero-order valence-corrected chi connectivity index (χ0v) is 18.4. The van der Waals surface area contributed by atoms with Gasteiger partial charge in [0.1, 0.15) is 6.54 Å². The molecule has 4 aliphatic rings. The number of likely N-dealkylation sites (tertiary alicyclic amines) is 1. The second-order valence-electron chi connectivity index (χ2n) is 8.41. The highest BCUT2D eigenvalue weighted by molar-refractivity contribution is 8.02. The molecule has 0 spiro atoms. The molecule has 0 atom stereocenters. The topological polar surface area (TPSA) is 59.1 Å². The van der Waals surface area contributed by atoms with Crippen molar-refractivity contribution < 1.29 is 9.59 Å². The minimum absolute atomic E-state index is 0.00296. The van der Waals surface area contributed by atoms with Crippen LogP contribution in [0.15, 0.2) is 24.8 Å². The van der Waals surface area contributed by atoms with Crippen LogP contribution >= 0.6 is 23.7 Å². The van der Waals surface area contributed by atoms with Crippen LogP contribution in [0.1, 0.15) is 24.3 Å². The van der Waals surface area contributed by atoms with Crippen LogP contribution in [-0.4, -0.2) is 78.4 Å². The third-order valence-electron chi connectivity index (χ3n) is 6.48. The van der Waals surface area contributed by atoms with Crippen molar-refractivity contribution in [2.24, 2.45) is 0 Å². The van der Waals surface area contributed by atoms with Gasteiger partial charge in [0, 0.05) is 50.3 Å². The van der Waals surface area contributed by atoms with E-state index in [1.54, 1.807) is 0 Å². The van der Waals surface area contributed by atoms with E-state index in [1.165, 1.54) is 36.6 Å². The van der Waals surface area contributed by atoms with E-state index >= 15 is 0 Å². The van der Waals surface area contributed by atoms with Gasteiger partial charge in [-0.05, 0) is 42.5 Å². The maximum atomic E-state index is 12.9. The third-order valence-corrected chi connectivity index (χ3v) is 7.66. The predicted octanol–water partition coefficient (Wildman–Crippen LogP) is 2.55. The summed E-state index contributed by atoms with van der Waals surface area (Å²) in [6.07, 6.45) is 3.77. The van der Waals surface area contributed by atoms with E-state index in [2.05, 4.69) is 22.3 Å². The van der Waals surface area contributed by atoms with Crippen LogP contribution < -0.4 is 9.03 Å². The Labute approximate surface area is 186 Å². The lowest BCUT2D eigenvalue weighted by molar-refractivity contribution is -0.135. The largest absolute Gasteiger partial charge is 0.339 e. The number of amides is 2. The molecular weight excluding hydrogens is 422 g/mol. The highest BCUT2D eigenvalue weighted by atomic mass is 35.5. The van der Waals surface area contributed by atoms with Gasteiger partial charge in [-0.25, -0.2) is 0 Å². The number of hydrogen-bond donors (Lipinski definition) is 1. The monoisotopic (exact) mass is 447 g/mol. The number of carbonyl (C=O) groups is 2. The molecule has 5 rings (SSSR count). The Balaban J connectivity index is 1.14. The number of fused-ring (bicyclic) bond motifs is 1. The molecule has 2 saturated heterocycles. The summed E-state index contributed by atoms with van der Waals surface area (Å²) in [5.41, 5.74) is 3.24. The number of anilines is 2. The molecule has 1 aromatic rings. The molecule has 30 heavy (non-hydrogen) atoms. The number of rotatable bonds is 5. The van der Waals surface area contributed by atoms with Crippen LogP contribution in [0.3, 0.4) is 0 Å². The Bertz CT molecular complexity index is 878. The van der Waals surface area contributed by atoms with Gasteiger partial charge in [-0.1, -0.05) is 18.2 Å². The molecule has 3 aliphatic heterocycles. The first-order valence-corrected chi connectivity index (χ1v) is 11.7. The molecule has 9 heteroatoms. The number of carbonyl (C=O) groups excluding carboxylic acids is 2. The van der Waals surface area contributed by atoms with Crippen molar-refractivity contribution in [2.75, 3.05) is 54.8 Å². The zero-order chi connectivity index (χ0) is 20.8. The number of halogens is 1. The minimum atomic E-state index is 0.00296. The van der Waals surface area contributed by atoms with Gasteiger partial charge in [0.15, 0.2) is 0 Å².